The van der Waals surface area contributed by atoms with Gasteiger partial charge in [-0.3, -0.25) is 9.36 Å². The van der Waals surface area contributed by atoms with Gasteiger partial charge in [0.05, 0.1) is 19.3 Å². The van der Waals surface area contributed by atoms with E-state index in [1.807, 2.05) is 41.8 Å². The third kappa shape index (κ3) is 5.86. The summed E-state index contributed by atoms with van der Waals surface area (Å²) < 4.78 is 32.1. The Morgan fingerprint density at radius 2 is 1.84 bits per heavy atom. The lowest BCUT2D eigenvalue weighted by Crippen LogP contribution is -2.18. The first kappa shape index (κ1) is 23.7. The normalized spacial score (nSPS) is 12.9. The molecule has 2 aromatic carbocycles. The Morgan fingerprint density at radius 1 is 1.12 bits per heavy atom. The lowest BCUT2D eigenvalue weighted by molar-refractivity contribution is -0.142. The van der Waals surface area contributed by atoms with Crippen LogP contribution in [0.4, 0.5) is 4.39 Å². The van der Waals surface area contributed by atoms with E-state index in [9.17, 15) is 9.18 Å². The van der Waals surface area contributed by atoms with Gasteiger partial charge in [-0.05, 0) is 31.5 Å². The Labute approximate surface area is 190 Å². The summed E-state index contributed by atoms with van der Waals surface area (Å²) in [5.41, 5.74) is 0.800. The first-order valence-electron chi connectivity index (χ1n) is 10.2. The zero-order valence-corrected chi connectivity index (χ0v) is 19.0. The van der Waals surface area contributed by atoms with Gasteiger partial charge in [-0.2, -0.15) is 0 Å². The summed E-state index contributed by atoms with van der Waals surface area (Å²) in [7, 11) is 1.61. The van der Waals surface area contributed by atoms with Crippen LogP contribution in [0.15, 0.2) is 59.8 Å². The van der Waals surface area contributed by atoms with Gasteiger partial charge in [0.2, 0.25) is 0 Å². The fraction of sp³-hybridized carbons (Fsp3) is 0.348. The number of hydrogen-bond acceptors (Lipinski definition) is 7. The van der Waals surface area contributed by atoms with Crippen molar-refractivity contribution < 1.29 is 23.4 Å². The van der Waals surface area contributed by atoms with Gasteiger partial charge in [0.1, 0.15) is 11.9 Å². The average molecular weight is 460 g/mol. The van der Waals surface area contributed by atoms with Crippen LogP contribution in [0.2, 0.25) is 0 Å². The van der Waals surface area contributed by atoms with Crippen molar-refractivity contribution in [3.63, 3.8) is 0 Å². The van der Waals surface area contributed by atoms with Crippen molar-refractivity contribution in [2.45, 2.75) is 36.9 Å². The molecule has 0 radical (unpaired) electrons. The topological polar surface area (TPSA) is 75.5 Å². The largest absolute Gasteiger partial charge is 0.483 e. The molecule has 0 fully saturated rings. The number of methoxy groups -OCH3 is 1. The number of aromatic nitrogens is 3. The van der Waals surface area contributed by atoms with Gasteiger partial charge in [0, 0.05) is 7.11 Å². The molecule has 3 aromatic rings. The van der Waals surface area contributed by atoms with Crippen LogP contribution in [0, 0.1) is 5.82 Å². The molecule has 0 aliphatic rings. The van der Waals surface area contributed by atoms with Crippen molar-refractivity contribution in [2.24, 2.45) is 0 Å². The molecule has 7 nitrogen and oxygen atoms in total. The highest BCUT2D eigenvalue weighted by molar-refractivity contribution is 8.00. The Balaban J connectivity index is 1.90. The van der Waals surface area contributed by atoms with Crippen molar-refractivity contribution in [2.75, 3.05) is 20.3 Å². The first-order chi connectivity index (χ1) is 15.5. The minimum absolute atomic E-state index is 0.0119. The second kappa shape index (κ2) is 11.6. The van der Waals surface area contributed by atoms with Gasteiger partial charge in [-0.15, -0.1) is 10.2 Å². The molecule has 9 heteroatoms. The van der Waals surface area contributed by atoms with Crippen LogP contribution >= 0.6 is 11.8 Å². The highest BCUT2D eigenvalue weighted by Crippen LogP contribution is 2.37. The standard InChI is InChI=1S/C23H26FN3O4S/c1-4-30-22(28)21(17-10-6-5-7-11-17)32-23-26-25-20(27(23)16(2)14-29-3)15-31-19-13-9-8-12-18(19)24/h5-13,16,21H,4,14-15H2,1-3H3. The number of ether oxygens (including phenoxy) is 3. The quantitative estimate of drug-likeness (QED) is 0.306. The van der Waals surface area contributed by atoms with Gasteiger partial charge in [-0.1, -0.05) is 54.2 Å². The van der Waals surface area contributed by atoms with Crippen molar-refractivity contribution in [3.8, 4) is 5.75 Å². The summed E-state index contributed by atoms with van der Waals surface area (Å²) in [6.07, 6.45) is 0. The zero-order valence-electron chi connectivity index (χ0n) is 18.2. The molecular weight excluding hydrogens is 433 g/mol. The number of nitrogens with zero attached hydrogens (tertiary/aromatic N) is 3. The maximum atomic E-state index is 14.0. The number of esters is 1. The SMILES string of the molecule is CCOC(=O)C(Sc1nnc(COc2ccccc2F)n1C(C)COC)c1ccccc1. The van der Waals surface area contributed by atoms with Crippen LogP contribution in [0.5, 0.6) is 5.75 Å². The van der Waals surface area contributed by atoms with E-state index in [0.717, 1.165) is 5.56 Å². The van der Waals surface area contributed by atoms with Crippen LogP contribution in [-0.2, 0) is 20.9 Å². The van der Waals surface area contributed by atoms with Crippen LogP contribution < -0.4 is 4.74 Å². The van der Waals surface area contributed by atoms with E-state index in [-0.39, 0.29) is 31.0 Å². The molecule has 1 heterocycles. The Kier molecular flexibility index (Phi) is 8.64. The predicted molar refractivity (Wildman–Crippen MR) is 119 cm³/mol. The summed E-state index contributed by atoms with van der Waals surface area (Å²) in [4.78, 5) is 12.7. The van der Waals surface area contributed by atoms with Gasteiger partial charge in [0.25, 0.3) is 0 Å². The molecule has 32 heavy (non-hydrogen) atoms. The maximum Gasteiger partial charge on any atom is 0.324 e. The molecule has 2 atom stereocenters. The number of halogens is 1. The highest BCUT2D eigenvalue weighted by Gasteiger charge is 2.28. The number of thioether (sulfide) groups is 1. The van der Waals surface area contributed by atoms with Gasteiger partial charge in [-0.25, -0.2) is 4.39 Å². The number of carbonyl (C=O) groups is 1. The number of para-hydroxylation sites is 1. The van der Waals surface area contributed by atoms with E-state index in [0.29, 0.717) is 17.6 Å². The van der Waals surface area contributed by atoms with Crippen molar-refractivity contribution >= 4 is 17.7 Å². The molecule has 0 aliphatic carbocycles. The van der Waals surface area contributed by atoms with Crippen LogP contribution in [0.25, 0.3) is 0 Å². The summed E-state index contributed by atoms with van der Waals surface area (Å²) >= 11 is 1.25. The molecular formula is C23H26FN3O4S. The minimum atomic E-state index is -0.616. The molecule has 0 saturated carbocycles. The minimum Gasteiger partial charge on any atom is -0.483 e. The molecule has 0 N–H and O–H groups in total. The third-order valence-electron chi connectivity index (χ3n) is 4.60. The van der Waals surface area contributed by atoms with Crippen LogP contribution in [0.3, 0.4) is 0 Å². The summed E-state index contributed by atoms with van der Waals surface area (Å²) in [5.74, 6) is -0.188. The van der Waals surface area contributed by atoms with E-state index >= 15 is 0 Å². The Bertz CT molecular complexity index is 1020. The molecule has 0 aliphatic heterocycles. The molecule has 0 saturated heterocycles. The van der Waals surface area contributed by atoms with Crippen molar-refractivity contribution in [1.82, 2.24) is 14.8 Å². The first-order valence-corrected chi connectivity index (χ1v) is 11.1. The third-order valence-corrected chi connectivity index (χ3v) is 5.79. The number of hydrogen-bond donors (Lipinski definition) is 0. The molecule has 0 bridgehead atoms. The molecule has 170 valence electrons. The van der Waals surface area contributed by atoms with E-state index < -0.39 is 11.1 Å². The second-order valence-corrected chi connectivity index (χ2v) is 8.03. The monoisotopic (exact) mass is 459 g/mol. The van der Waals surface area contributed by atoms with E-state index in [4.69, 9.17) is 14.2 Å². The highest BCUT2D eigenvalue weighted by atomic mass is 32.2. The lowest BCUT2D eigenvalue weighted by atomic mass is 10.1. The van der Waals surface area contributed by atoms with Gasteiger partial charge >= 0.3 is 5.97 Å². The molecule has 0 amide bonds. The van der Waals surface area contributed by atoms with Gasteiger partial charge in [0.15, 0.2) is 22.5 Å². The second-order valence-electron chi connectivity index (χ2n) is 6.95. The van der Waals surface area contributed by atoms with Gasteiger partial charge < -0.3 is 14.2 Å². The van der Waals surface area contributed by atoms with E-state index in [1.165, 1.54) is 17.8 Å². The number of rotatable bonds is 11. The fourth-order valence-corrected chi connectivity index (χ4v) is 4.31. The summed E-state index contributed by atoms with van der Waals surface area (Å²) in [5, 5.41) is 8.45. The average Bonchev–Trinajstić information content (AvgIpc) is 3.20. The fourth-order valence-electron chi connectivity index (χ4n) is 3.15. The van der Waals surface area contributed by atoms with E-state index in [2.05, 4.69) is 10.2 Å². The maximum absolute atomic E-state index is 14.0. The molecule has 1 aromatic heterocycles. The Morgan fingerprint density at radius 3 is 2.53 bits per heavy atom. The lowest BCUT2D eigenvalue weighted by Gasteiger charge is -2.20. The van der Waals surface area contributed by atoms with E-state index in [1.54, 1.807) is 32.2 Å². The van der Waals surface area contributed by atoms with Crippen LogP contribution in [0.1, 0.15) is 36.5 Å². The predicted octanol–water partition coefficient (Wildman–Crippen LogP) is 4.60. The van der Waals surface area contributed by atoms with Crippen molar-refractivity contribution in [3.05, 3.63) is 71.8 Å². The molecule has 0 spiro atoms. The molecule has 2 unspecified atom stereocenters. The smallest absolute Gasteiger partial charge is 0.324 e. The number of benzene rings is 2. The Hall–Kier alpha value is -2.91. The van der Waals surface area contributed by atoms with Crippen LogP contribution in [-0.4, -0.2) is 41.1 Å². The summed E-state index contributed by atoms with van der Waals surface area (Å²) in [6.45, 7) is 4.40. The zero-order chi connectivity index (χ0) is 22.9. The van der Waals surface area contributed by atoms with Crippen molar-refractivity contribution in [1.29, 1.82) is 0 Å². The summed E-state index contributed by atoms with van der Waals surface area (Å²) in [6, 6.07) is 15.4. The number of carbonyl (C=O) groups excluding carboxylic acids is 1. The molecule has 3 rings (SSSR count).